The van der Waals surface area contributed by atoms with Gasteiger partial charge in [-0.05, 0) is 42.5 Å². The Morgan fingerprint density at radius 3 is 2.86 bits per heavy atom. The topological polar surface area (TPSA) is 69.4 Å². The molecule has 1 saturated heterocycles. The third-order valence-electron chi connectivity index (χ3n) is 4.20. The van der Waals surface area contributed by atoms with Crippen molar-refractivity contribution in [3.05, 3.63) is 30.5 Å². The second-order valence-corrected chi connectivity index (χ2v) is 5.47. The van der Waals surface area contributed by atoms with Crippen molar-refractivity contribution in [2.75, 3.05) is 32.2 Å². The maximum atomic E-state index is 6.01. The number of ether oxygens (including phenoxy) is 2. The molecular formula is C16H21N3O2. The third kappa shape index (κ3) is 2.80. The predicted molar refractivity (Wildman–Crippen MR) is 83.8 cm³/mol. The van der Waals surface area contributed by atoms with E-state index < -0.39 is 0 Å². The first-order chi connectivity index (χ1) is 10.3. The van der Waals surface area contributed by atoms with Crippen LogP contribution in [-0.4, -0.2) is 37.4 Å². The summed E-state index contributed by atoms with van der Waals surface area (Å²) in [5.74, 6) is 1.72. The van der Waals surface area contributed by atoms with Crippen LogP contribution in [0.5, 0.6) is 5.75 Å². The maximum absolute atomic E-state index is 6.01. The van der Waals surface area contributed by atoms with Crippen LogP contribution in [0.3, 0.4) is 0 Å². The Bertz CT molecular complexity index is 624. The van der Waals surface area contributed by atoms with Gasteiger partial charge in [0, 0.05) is 31.3 Å². The smallest absolute Gasteiger partial charge is 0.134 e. The Labute approximate surface area is 124 Å². The Morgan fingerprint density at radius 2 is 2.14 bits per heavy atom. The summed E-state index contributed by atoms with van der Waals surface area (Å²) in [6.45, 7) is 2.05. The molecular weight excluding hydrogens is 266 g/mol. The number of nitrogens with one attached hydrogen (secondary N) is 1. The van der Waals surface area contributed by atoms with Gasteiger partial charge in [0.1, 0.15) is 11.6 Å². The summed E-state index contributed by atoms with van der Waals surface area (Å²) in [5, 5.41) is 5.75. The van der Waals surface area contributed by atoms with Gasteiger partial charge < -0.3 is 20.5 Å². The Balaban J connectivity index is 1.96. The molecule has 2 heterocycles. The van der Waals surface area contributed by atoms with Crippen molar-refractivity contribution in [3.63, 3.8) is 0 Å². The minimum Gasteiger partial charge on any atom is -0.497 e. The molecule has 5 nitrogen and oxygen atoms in total. The lowest BCUT2D eigenvalue weighted by Crippen LogP contribution is -2.49. The lowest BCUT2D eigenvalue weighted by Gasteiger charge is -2.37. The van der Waals surface area contributed by atoms with E-state index in [1.807, 2.05) is 30.5 Å². The quantitative estimate of drug-likeness (QED) is 0.902. The van der Waals surface area contributed by atoms with Crippen LogP contribution < -0.4 is 15.8 Å². The average molecular weight is 287 g/mol. The van der Waals surface area contributed by atoms with Crippen molar-refractivity contribution in [2.45, 2.75) is 18.4 Å². The number of rotatable bonds is 4. The molecule has 112 valence electrons. The van der Waals surface area contributed by atoms with Crippen LogP contribution in [-0.2, 0) is 4.74 Å². The molecule has 0 radical (unpaired) electrons. The fraction of sp³-hybridized carbons (Fsp3) is 0.438. The number of hydrogen-bond acceptors (Lipinski definition) is 5. The Morgan fingerprint density at radius 1 is 1.33 bits per heavy atom. The van der Waals surface area contributed by atoms with Crippen molar-refractivity contribution < 1.29 is 9.47 Å². The molecule has 0 unspecified atom stereocenters. The molecule has 0 bridgehead atoms. The van der Waals surface area contributed by atoms with E-state index in [0.717, 1.165) is 48.4 Å². The minimum absolute atomic E-state index is 0.126. The van der Waals surface area contributed by atoms with Gasteiger partial charge >= 0.3 is 0 Å². The summed E-state index contributed by atoms with van der Waals surface area (Å²) < 4.78 is 10.7. The molecule has 2 aromatic rings. The highest BCUT2D eigenvalue weighted by Crippen LogP contribution is 2.30. The highest BCUT2D eigenvalue weighted by Gasteiger charge is 2.31. The van der Waals surface area contributed by atoms with E-state index in [9.17, 15) is 0 Å². The van der Waals surface area contributed by atoms with Crippen LogP contribution in [0, 0.1) is 0 Å². The zero-order chi connectivity index (χ0) is 14.7. The van der Waals surface area contributed by atoms with E-state index in [1.54, 1.807) is 7.11 Å². The number of nitrogens with two attached hydrogens (primary N) is 1. The SMILES string of the molecule is COc1ccc2c(NC3(CN)CCOCC3)nccc2c1. The summed E-state index contributed by atoms with van der Waals surface area (Å²) in [7, 11) is 1.67. The monoisotopic (exact) mass is 287 g/mol. The van der Waals surface area contributed by atoms with E-state index in [-0.39, 0.29) is 5.54 Å². The lowest BCUT2D eigenvalue weighted by atomic mass is 9.90. The van der Waals surface area contributed by atoms with Crippen LogP contribution in [0.2, 0.25) is 0 Å². The van der Waals surface area contributed by atoms with E-state index in [2.05, 4.69) is 10.3 Å². The number of methoxy groups -OCH3 is 1. The molecule has 0 aliphatic carbocycles. The van der Waals surface area contributed by atoms with Gasteiger partial charge in [-0.3, -0.25) is 0 Å². The summed E-state index contributed by atoms with van der Waals surface area (Å²) >= 11 is 0. The largest absolute Gasteiger partial charge is 0.497 e. The first kappa shape index (κ1) is 14.1. The van der Waals surface area contributed by atoms with E-state index in [0.29, 0.717) is 6.54 Å². The number of fused-ring (bicyclic) bond motifs is 1. The molecule has 0 atom stereocenters. The Kier molecular flexibility index (Phi) is 3.94. The number of hydrogen-bond donors (Lipinski definition) is 2. The normalized spacial score (nSPS) is 17.6. The van der Waals surface area contributed by atoms with Crippen LogP contribution in [0.15, 0.2) is 30.5 Å². The number of pyridine rings is 1. The molecule has 3 rings (SSSR count). The zero-order valence-electron chi connectivity index (χ0n) is 12.3. The van der Waals surface area contributed by atoms with Gasteiger partial charge in [0.25, 0.3) is 0 Å². The van der Waals surface area contributed by atoms with Crippen LogP contribution in [0.4, 0.5) is 5.82 Å². The lowest BCUT2D eigenvalue weighted by molar-refractivity contribution is 0.0627. The third-order valence-corrected chi connectivity index (χ3v) is 4.20. The molecule has 5 heteroatoms. The van der Waals surface area contributed by atoms with Gasteiger partial charge in [0.15, 0.2) is 0 Å². The second kappa shape index (κ2) is 5.87. The van der Waals surface area contributed by atoms with Gasteiger partial charge in [-0.2, -0.15) is 0 Å². The Hall–Kier alpha value is -1.85. The first-order valence-corrected chi connectivity index (χ1v) is 7.25. The predicted octanol–water partition coefficient (Wildman–Crippen LogP) is 2.16. The molecule has 0 spiro atoms. The van der Waals surface area contributed by atoms with Crippen molar-refractivity contribution in [1.82, 2.24) is 4.98 Å². The summed E-state index contributed by atoms with van der Waals surface area (Å²) in [6.07, 6.45) is 3.61. The second-order valence-electron chi connectivity index (χ2n) is 5.47. The van der Waals surface area contributed by atoms with E-state index >= 15 is 0 Å². The standard InChI is InChI=1S/C16H21N3O2/c1-20-13-2-3-14-12(10-13)4-7-18-15(14)19-16(11-17)5-8-21-9-6-16/h2-4,7,10H,5-6,8-9,11,17H2,1H3,(H,18,19). The van der Waals surface area contributed by atoms with E-state index in [1.165, 1.54) is 0 Å². The molecule has 1 fully saturated rings. The number of aromatic nitrogens is 1. The molecule has 0 amide bonds. The summed E-state index contributed by atoms with van der Waals surface area (Å²) in [6, 6.07) is 7.99. The molecule has 21 heavy (non-hydrogen) atoms. The van der Waals surface area contributed by atoms with Crippen molar-refractivity contribution >= 4 is 16.6 Å². The highest BCUT2D eigenvalue weighted by molar-refractivity contribution is 5.92. The molecule has 1 aromatic heterocycles. The molecule has 1 aliphatic rings. The first-order valence-electron chi connectivity index (χ1n) is 7.25. The van der Waals surface area contributed by atoms with Gasteiger partial charge in [-0.25, -0.2) is 4.98 Å². The van der Waals surface area contributed by atoms with Gasteiger partial charge in [0.05, 0.1) is 12.6 Å². The number of benzene rings is 1. The van der Waals surface area contributed by atoms with Crippen LogP contribution in [0.25, 0.3) is 10.8 Å². The molecule has 3 N–H and O–H groups in total. The highest BCUT2D eigenvalue weighted by atomic mass is 16.5. The van der Waals surface area contributed by atoms with Crippen molar-refractivity contribution in [1.29, 1.82) is 0 Å². The molecule has 1 aliphatic heterocycles. The molecule has 0 saturated carbocycles. The zero-order valence-corrected chi connectivity index (χ0v) is 12.3. The fourth-order valence-electron chi connectivity index (χ4n) is 2.78. The van der Waals surface area contributed by atoms with Crippen molar-refractivity contribution in [3.8, 4) is 5.75 Å². The minimum atomic E-state index is -0.126. The van der Waals surface area contributed by atoms with Gasteiger partial charge in [-0.1, -0.05) is 0 Å². The van der Waals surface area contributed by atoms with Gasteiger partial charge in [0.2, 0.25) is 0 Å². The van der Waals surface area contributed by atoms with Crippen molar-refractivity contribution in [2.24, 2.45) is 5.73 Å². The summed E-state index contributed by atoms with van der Waals surface area (Å²) in [5.41, 5.74) is 5.88. The average Bonchev–Trinajstić information content (AvgIpc) is 2.55. The molecule has 1 aromatic carbocycles. The van der Waals surface area contributed by atoms with Crippen LogP contribution in [0.1, 0.15) is 12.8 Å². The number of nitrogens with zero attached hydrogens (tertiary/aromatic N) is 1. The summed E-state index contributed by atoms with van der Waals surface area (Å²) in [4.78, 5) is 4.50. The van der Waals surface area contributed by atoms with E-state index in [4.69, 9.17) is 15.2 Å². The maximum Gasteiger partial charge on any atom is 0.134 e. The van der Waals surface area contributed by atoms with Gasteiger partial charge in [-0.15, -0.1) is 0 Å². The van der Waals surface area contributed by atoms with Crippen LogP contribution >= 0.6 is 0 Å². The fourth-order valence-corrected chi connectivity index (χ4v) is 2.78. The number of anilines is 1.